The number of halogens is 2. The number of carbonyl (C=O) groups is 1. The van der Waals surface area contributed by atoms with Gasteiger partial charge in [0.25, 0.3) is 5.91 Å². The molecule has 8 heteroatoms. The van der Waals surface area contributed by atoms with E-state index >= 15 is 0 Å². The third-order valence-corrected chi connectivity index (χ3v) is 5.91. The molecule has 0 aromatic heterocycles. The van der Waals surface area contributed by atoms with Gasteiger partial charge in [-0.15, -0.1) is 0 Å². The van der Waals surface area contributed by atoms with Crippen molar-refractivity contribution in [3.8, 4) is 23.3 Å². The summed E-state index contributed by atoms with van der Waals surface area (Å²) < 4.78 is 17.6. The second-order valence-electron chi connectivity index (χ2n) is 7.16. The molecule has 0 saturated carbocycles. The average Bonchev–Trinajstić information content (AvgIpc) is 2.86. The molecule has 1 amide bonds. The molecule has 35 heavy (non-hydrogen) atoms. The van der Waals surface area contributed by atoms with Crippen molar-refractivity contribution in [1.82, 2.24) is 0 Å². The number of hydrogen-bond acceptors (Lipinski definition) is 5. The predicted molar refractivity (Wildman–Crippen MR) is 146 cm³/mol. The number of amides is 1. The van der Waals surface area contributed by atoms with E-state index in [1.54, 1.807) is 48.5 Å². The largest absolute Gasteiger partial charge is 0.493 e. The Balaban J connectivity index is 1.69. The number of anilines is 1. The van der Waals surface area contributed by atoms with E-state index in [4.69, 9.17) is 25.8 Å². The Morgan fingerprint density at radius 1 is 1.17 bits per heavy atom. The van der Waals surface area contributed by atoms with E-state index in [2.05, 4.69) is 34.5 Å². The maximum Gasteiger partial charge on any atom is 0.266 e. The van der Waals surface area contributed by atoms with Gasteiger partial charge in [-0.1, -0.05) is 42.5 Å². The Morgan fingerprint density at radius 2 is 1.91 bits per heavy atom. The molecule has 0 bridgehead atoms. The number of nitrogens with one attached hydrogen (secondary N) is 1. The third-order valence-electron chi connectivity index (χ3n) is 4.74. The molecule has 178 valence electrons. The summed E-state index contributed by atoms with van der Waals surface area (Å²) in [6.45, 7) is 4.30. The number of nitrogens with zero attached hydrogens (tertiary/aromatic N) is 1. The molecule has 0 fully saturated rings. The van der Waals surface area contributed by atoms with E-state index in [1.165, 1.54) is 13.2 Å². The summed E-state index contributed by atoms with van der Waals surface area (Å²) in [6, 6.07) is 19.8. The van der Waals surface area contributed by atoms with Gasteiger partial charge in [0.2, 0.25) is 0 Å². The lowest BCUT2D eigenvalue weighted by atomic mass is 10.1. The Kier molecular flexibility index (Phi) is 9.58. The van der Waals surface area contributed by atoms with Crippen LogP contribution in [0.15, 0.2) is 78.9 Å². The molecule has 0 aliphatic carbocycles. The first-order chi connectivity index (χ1) is 16.9. The van der Waals surface area contributed by atoms with Crippen LogP contribution in [0.25, 0.3) is 6.08 Å². The molecule has 3 aromatic rings. The number of methoxy groups -OCH3 is 1. The number of carbonyl (C=O) groups excluding carboxylic acids is 1. The molecule has 0 atom stereocenters. The summed E-state index contributed by atoms with van der Waals surface area (Å²) in [4.78, 5) is 12.7. The first kappa shape index (κ1) is 26.1. The van der Waals surface area contributed by atoms with Crippen molar-refractivity contribution in [2.45, 2.75) is 6.61 Å². The fraction of sp³-hybridized carbons (Fsp3) is 0.111. The van der Waals surface area contributed by atoms with Gasteiger partial charge in [0.05, 0.1) is 10.7 Å². The van der Waals surface area contributed by atoms with E-state index in [1.807, 2.05) is 24.3 Å². The van der Waals surface area contributed by atoms with Crippen LogP contribution in [-0.2, 0) is 11.4 Å². The van der Waals surface area contributed by atoms with Crippen molar-refractivity contribution >= 4 is 51.9 Å². The molecule has 3 aromatic carbocycles. The van der Waals surface area contributed by atoms with Crippen molar-refractivity contribution in [2.75, 3.05) is 19.0 Å². The van der Waals surface area contributed by atoms with Gasteiger partial charge in [0.1, 0.15) is 30.6 Å². The fourth-order valence-corrected chi connectivity index (χ4v) is 4.00. The highest BCUT2D eigenvalue weighted by Gasteiger charge is 2.14. The normalized spacial score (nSPS) is 10.7. The van der Waals surface area contributed by atoms with Crippen LogP contribution in [0.2, 0.25) is 5.02 Å². The maximum atomic E-state index is 12.7. The van der Waals surface area contributed by atoms with Crippen LogP contribution in [-0.4, -0.2) is 19.6 Å². The summed E-state index contributed by atoms with van der Waals surface area (Å²) >= 11 is 8.26. The quantitative estimate of drug-likeness (QED) is 0.122. The molecule has 0 unspecified atom stereocenters. The zero-order valence-electron chi connectivity index (χ0n) is 18.9. The Labute approximate surface area is 222 Å². The van der Waals surface area contributed by atoms with E-state index in [-0.39, 0.29) is 5.57 Å². The van der Waals surface area contributed by atoms with Gasteiger partial charge in [0, 0.05) is 16.3 Å². The van der Waals surface area contributed by atoms with Crippen LogP contribution in [0.5, 0.6) is 17.2 Å². The van der Waals surface area contributed by atoms with Gasteiger partial charge in [-0.2, -0.15) is 5.26 Å². The highest BCUT2D eigenvalue weighted by Crippen LogP contribution is 2.34. The van der Waals surface area contributed by atoms with E-state index < -0.39 is 5.91 Å². The molecule has 1 N–H and O–H groups in total. The number of hydrogen-bond donors (Lipinski definition) is 1. The average molecular weight is 601 g/mol. The fourth-order valence-electron chi connectivity index (χ4n) is 3.03. The van der Waals surface area contributed by atoms with Crippen LogP contribution >= 0.6 is 34.2 Å². The van der Waals surface area contributed by atoms with Gasteiger partial charge in [-0.05, 0) is 76.7 Å². The molecular weight excluding hydrogens is 579 g/mol. The second kappa shape index (κ2) is 12.8. The summed E-state index contributed by atoms with van der Waals surface area (Å²) in [7, 11) is 1.53. The van der Waals surface area contributed by atoms with Crippen molar-refractivity contribution < 1.29 is 19.0 Å². The Morgan fingerprint density at radius 3 is 2.57 bits per heavy atom. The lowest BCUT2D eigenvalue weighted by Gasteiger charge is -2.12. The van der Waals surface area contributed by atoms with Crippen molar-refractivity contribution in [3.63, 3.8) is 0 Å². The third kappa shape index (κ3) is 7.25. The predicted octanol–water partition coefficient (Wildman–Crippen LogP) is 6.64. The zero-order chi connectivity index (χ0) is 25.2. The van der Waals surface area contributed by atoms with Crippen LogP contribution in [0.3, 0.4) is 0 Å². The van der Waals surface area contributed by atoms with Crippen molar-refractivity contribution in [3.05, 3.63) is 98.6 Å². The lowest BCUT2D eigenvalue weighted by Crippen LogP contribution is -2.13. The first-order valence-corrected chi connectivity index (χ1v) is 11.9. The number of rotatable bonds is 10. The lowest BCUT2D eigenvalue weighted by molar-refractivity contribution is -0.112. The number of ether oxygens (including phenoxy) is 3. The van der Waals surface area contributed by atoms with Gasteiger partial charge in [-0.3, -0.25) is 4.79 Å². The van der Waals surface area contributed by atoms with Gasteiger partial charge in [-0.25, -0.2) is 0 Å². The van der Waals surface area contributed by atoms with Crippen molar-refractivity contribution in [2.24, 2.45) is 0 Å². The molecule has 6 nitrogen and oxygen atoms in total. The first-order valence-electron chi connectivity index (χ1n) is 10.5. The summed E-state index contributed by atoms with van der Waals surface area (Å²) in [5, 5.41) is 12.9. The second-order valence-corrected chi connectivity index (χ2v) is 8.73. The highest BCUT2D eigenvalue weighted by atomic mass is 127. The maximum absolute atomic E-state index is 12.7. The topological polar surface area (TPSA) is 80.6 Å². The Hall–Kier alpha value is -3.48. The molecule has 0 aliphatic rings. The van der Waals surface area contributed by atoms with E-state index in [9.17, 15) is 10.1 Å². The molecule has 0 aliphatic heterocycles. The van der Waals surface area contributed by atoms with Crippen LogP contribution in [0, 0.1) is 14.9 Å². The van der Waals surface area contributed by atoms with Gasteiger partial charge < -0.3 is 19.5 Å². The van der Waals surface area contributed by atoms with Crippen LogP contribution in [0.4, 0.5) is 5.69 Å². The minimum atomic E-state index is -0.529. The molecule has 0 spiro atoms. The molecule has 0 heterocycles. The highest BCUT2D eigenvalue weighted by molar-refractivity contribution is 14.1. The van der Waals surface area contributed by atoms with Gasteiger partial charge in [0.15, 0.2) is 11.5 Å². The Bertz CT molecular complexity index is 1280. The summed E-state index contributed by atoms with van der Waals surface area (Å²) in [5.74, 6) is 1.16. The molecule has 3 rings (SSSR count). The van der Waals surface area contributed by atoms with Gasteiger partial charge >= 0.3 is 0 Å². The minimum absolute atomic E-state index is 0.0540. The van der Waals surface area contributed by atoms with E-state index in [0.717, 1.165) is 9.13 Å². The number of benzene rings is 3. The monoisotopic (exact) mass is 600 g/mol. The summed E-state index contributed by atoms with van der Waals surface area (Å²) in [6.07, 6.45) is 3.14. The minimum Gasteiger partial charge on any atom is -0.493 e. The zero-order valence-corrected chi connectivity index (χ0v) is 21.8. The molecule has 0 radical (unpaired) electrons. The van der Waals surface area contributed by atoms with E-state index in [0.29, 0.717) is 46.7 Å². The molecular formula is C27H22ClIN2O4. The SMILES string of the molecule is C=CCOc1c(I)cc(/C=C(\C#N)C(=O)Nc2ccc(OCc3ccccc3Cl)cc2)cc1OC. The number of nitriles is 1. The summed E-state index contributed by atoms with van der Waals surface area (Å²) in [5.41, 5.74) is 1.98. The van der Waals surface area contributed by atoms with Crippen LogP contribution in [0.1, 0.15) is 11.1 Å². The standard InChI is InChI=1S/C27H22ClIN2O4/c1-3-12-34-26-24(29)14-18(15-25(26)33-2)13-20(16-30)27(32)31-21-8-10-22(11-9-21)35-17-19-6-4-5-7-23(19)28/h3-11,13-15H,1,12,17H2,2H3,(H,31,32)/b20-13+. The smallest absolute Gasteiger partial charge is 0.266 e. The molecule has 0 saturated heterocycles. The van der Waals surface area contributed by atoms with Crippen LogP contribution < -0.4 is 19.5 Å². The van der Waals surface area contributed by atoms with Crippen molar-refractivity contribution in [1.29, 1.82) is 5.26 Å².